The number of non-ortho nitro benzene ring substituents is 1. The number of carbonyl (C=O) groups is 5. The number of nitrogens with two attached hydrogens (primary N) is 1. The third-order valence-electron chi connectivity index (χ3n) is 13.2. The van der Waals surface area contributed by atoms with Crippen LogP contribution in [-0.4, -0.2) is 82.3 Å². The van der Waals surface area contributed by atoms with Gasteiger partial charge in [-0.3, -0.25) is 29.4 Å². The van der Waals surface area contributed by atoms with Gasteiger partial charge in [-0.15, -0.1) is 0 Å². The average Bonchev–Trinajstić information content (AvgIpc) is 3.87. The van der Waals surface area contributed by atoms with Gasteiger partial charge in [0.2, 0.25) is 11.8 Å². The minimum Gasteiger partial charge on any atom is -0.491 e. The number of hydrogen-bond acceptors (Lipinski definition) is 13. The van der Waals surface area contributed by atoms with E-state index in [-0.39, 0.29) is 54.6 Å². The minimum absolute atomic E-state index is 0.0107. The average molecular weight is 985 g/mol. The van der Waals surface area contributed by atoms with Crippen molar-refractivity contribution in [2.24, 2.45) is 11.7 Å². The molecule has 6 aromatic rings. The molecule has 0 aromatic heterocycles. The zero-order valence-corrected chi connectivity index (χ0v) is 38.9. The quantitative estimate of drug-likeness (QED) is 0.0373. The molecule has 370 valence electrons. The Labute approximate surface area is 418 Å². The van der Waals surface area contributed by atoms with Crippen molar-refractivity contribution in [1.29, 1.82) is 0 Å². The summed E-state index contributed by atoms with van der Waals surface area (Å²) in [5.41, 5.74) is 5.69. The molecule has 3 heterocycles. The molecule has 3 aliphatic heterocycles. The van der Waals surface area contributed by atoms with Gasteiger partial charge in [0.25, 0.3) is 5.69 Å². The predicted molar refractivity (Wildman–Crippen MR) is 263 cm³/mol. The lowest BCUT2D eigenvalue weighted by atomic mass is 9.65. The Morgan fingerprint density at radius 1 is 0.822 bits per heavy atom. The lowest BCUT2D eigenvalue weighted by Gasteiger charge is -2.46. The minimum atomic E-state index is -2.26. The highest BCUT2D eigenvalue weighted by molar-refractivity contribution is 6.23. The smallest absolute Gasteiger partial charge is 0.421 e. The summed E-state index contributed by atoms with van der Waals surface area (Å²) in [4.78, 5) is 87.7. The number of fused-ring (bicyclic) bond motifs is 3. The monoisotopic (exact) mass is 984 g/mol. The number of primary amides is 1. The number of nitro benzene ring substituents is 1. The zero-order valence-electron chi connectivity index (χ0n) is 38.9. The number of benzene rings is 6. The molecule has 0 saturated carbocycles. The second-order valence-electron chi connectivity index (χ2n) is 17.5. The first-order valence-electron chi connectivity index (χ1n) is 23.3. The van der Waals surface area contributed by atoms with Crippen LogP contribution in [0.1, 0.15) is 63.2 Å². The number of carbonyl (C=O) groups excluding carboxylic acids is 5. The van der Waals surface area contributed by atoms with Gasteiger partial charge in [-0.25, -0.2) is 14.5 Å². The van der Waals surface area contributed by atoms with Crippen molar-refractivity contribution in [3.63, 3.8) is 0 Å². The number of aliphatic hydroxyl groups excluding tert-OH is 2. The summed E-state index contributed by atoms with van der Waals surface area (Å²) in [6.45, 7) is -1.37. The molecule has 5 amide bonds. The number of imide groups is 1. The third kappa shape index (κ3) is 9.55. The molecule has 0 bridgehead atoms. The lowest BCUT2D eigenvalue weighted by Crippen LogP contribution is -2.56. The Morgan fingerprint density at radius 3 is 2.16 bits per heavy atom. The molecule has 2 fully saturated rings. The highest BCUT2D eigenvalue weighted by Gasteiger charge is 2.76. The van der Waals surface area contributed by atoms with E-state index < -0.39 is 83.1 Å². The zero-order chi connectivity index (χ0) is 51.2. The summed E-state index contributed by atoms with van der Waals surface area (Å²) in [7, 11) is 0. The van der Waals surface area contributed by atoms with Crippen LogP contribution in [0.2, 0.25) is 0 Å². The maximum absolute atomic E-state index is 16.5. The summed E-state index contributed by atoms with van der Waals surface area (Å²) in [6, 6.07) is 38.7. The fourth-order valence-corrected chi connectivity index (χ4v) is 10.2. The Hall–Kier alpha value is -8.89. The van der Waals surface area contributed by atoms with E-state index in [1.165, 1.54) is 36.4 Å². The van der Waals surface area contributed by atoms with Crippen molar-refractivity contribution >= 4 is 41.3 Å². The first kappa shape index (κ1) is 49.1. The number of nitrogens with zero attached hydrogens (tertiary/aromatic N) is 3. The third-order valence-corrected chi connectivity index (χ3v) is 13.2. The molecule has 0 aliphatic carbocycles. The summed E-state index contributed by atoms with van der Waals surface area (Å²) in [6.07, 6.45) is -3.44. The molecular weight excluding hydrogens is 937 g/mol. The molecule has 6 aromatic carbocycles. The normalized spacial score (nSPS) is 21.2. The lowest BCUT2D eigenvalue weighted by molar-refractivity contribution is -0.384. The van der Waals surface area contributed by atoms with Crippen LogP contribution in [0.25, 0.3) is 0 Å². The van der Waals surface area contributed by atoms with E-state index in [1.54, 1.807) is 72.8 Å². The van der Waals surface area contributed by atoms with E-state index >= 15 is 14.4 Å². The van der Waals surface area contributed by atoms with E-state index in [2.05, 4.69) is 22.5 Å². The number of anilines is 1. The molecule has 6 N–H and O–H groups in total. The maximum Gasteiger partial charge on any atom is 0.421 e. The molecule has 9 rings (SSSR count). The number of esters is 1. The largest absolute Gasteiger partial charge is 0.491 e. The van der Waals surface area contributed by atoms with E-state index in [9.17, 15) is 29.9 Å². The Balaban J connectivity index is 1.30. The second-order valence-corrected chi connectivity index (χ2v) is 17.5. The van der Waals surface area contributed by atoms with Gasteiger partial charge in [0.15, 0.2) is 0 Å². The fourth-order valence-electron chi connectivity index (χ4n) is 10.2. The molecular formula is C55H48N6O12. The fraction of sp³-hybridized carbons (Fsp3) is 0.218. The van der Waals surface area contributed by atoms with Gasteiger partial charge in [-0.1, -0.05) is 115 Å². The van der Waals surface area contributed by atoms with Gasteiger partial charge in [-0.05, 0) is 75.8 Å². The number of ether oxygens (including phenoxy) is 3. The Morgan fingerprint density at radius 2 is 1.49 bits per heavy atom. The van der Waals surface area contributed by atoms with Crippen molar-refractivity contribution in [3.8, 4) is 17.6 Å². The molecule has 3 aliphatic rings. The number of nitrogens with one attached hydrogen (secondary N) is 2. The van der Waals surface area contributed by atoms with Crippen LogP contribution in [0.15, 0.2) is 158 Å². The molecule has 18 heteroatoms. The van der Waals surface area contributed by atoms with Crippen LogP contribution < -0.4 is 26.0 Å². The number of rotatable bonds is 14. The van der Waals surface area contributed by atoms with Crippen LogP contribution in [0, 0.1) is 27.9 Å². The number of aliphatic hydroxyl groups is 2. The number of morpholine rings is 1. The number of nitro groups is 1. The molecule has 73 heavy (non-hydrogen) atoms. The first-order valence-corrected chi connectivity index (χ1v) is 23.3. The molecule has 7 atom stereocenters. The van der Waals surface area contributed by atoms with Crippen molar-refractivity contribution in [2.45, 2.75) is 42.4 Å². The van der Waals surface area contributed by atoms with E-state index in [0.29, 0.717) is 27.8 Å². The maximum atomic E-state index is 16.5. The van der Waals surface area contributed by atoms with Crippen molar-refractivity contribution < 1.29 is 53.3 Å². The van der Waals surface area contributed by atoms with Gasteiger partial charge in [0, 0.05) is 24.2 Å². The molecule has 1 spiro atoms. The number of hydrogen-bond donors (Lipinski definition) is 5. The van der Waals surface area contributed by atoms with Gasteiger partial charge >= 0.3 is 18.1 Å². The van der Waals surface area contributed by atoms with E-state index in [4.69, 9.17) is 19.9 Å². The SMILES string of the molecule is NC(=O)NCC#Cc1ccc2c(c1)C1(C(=O)N2C(=O)OCc2ccc([N+](=O)[O-])cc2)C(C(=O)NCC(O)c2ccccc2)C2C(=O)OC(c3ccccc3)C(c3ccccc3)N2C1c1cccc(OCCO)c1. The molecule has 0 radical (unpaired) electrons. The van der Waals surface area contributed by atoms with E-state index in [0.717, 1.165) is 4.90 Å². The summed E-state index contributed by atoms with van der Waals surface area (Å²) < 4.78 is 18.3. The van der Waals surface area contributed by atoms with Crippen LogP contribution in [0.3, 0.4) is 0 Å². The molecule has 2 saturated heterocycles. The number of amides is 5. The first-order chi connectivity index (χ1) is 35.4. The Kier molecular flexibility index (Phi) is 14.3. The Bertz CT molecular complexity index is 3110. The standard InChI is InChI=1S/C55H48N6O12/c56-53(67)57-27-11-12-34-23-26-43-42(30-34)55(52(66)59(43)54(68)72-33-35-21-24-40(25-22-35)61(69)70)45(50(64)58-32-44(63)36-13-4-1-5-14-36)47-51(65)73-48(38-17-8-3-9-18-38)46(37-15-6-2-7-16-37)60(47)49(55)39-19-10-20-41(31-39)71-29-28-62/h1-10,13-26,30-31,44-49,62-63H,27-29,32-33H2,(H,58,64)(H3,56,57,67). The topological polar surface area (TPSA) is 253 Å². The second kappa shape index (κ2) is 21.2. The summed E-state index contributed by atoms with van der Waals surface area (Å²) >= 11 is 0. The van der Waals surface area contributed by atoms with Crippen molar-refractivity contribution in [3.05, 3.63) is 207 Å². The van der Waals surface area contributed by atoms with Gasteiger partial charge in [0.1, 0.15) is 36.5 Å². The summed E-state index contributed by atoms with van der Waals surface area (Å²) in [5.74, 6) is 1.69. The van der Waals surface area contributed by atoms with Crippen LogP contribution in [0.5, 0.6) is 5.75 Å². The van der Waals surface area contributed by atoms with Crippen molar-refractivity contribution in [2.75, 3.05) is 31.2 Å². The molecule has 18 nitrogen and oxygen atoms in total. The highest BCUT2D eigenvalue weighted by atomic mass is 16.6. The predicted octanol–water partition coefficient (Wildman–Crippen LogP) is 5.84. The number of urea groups is 1. The van der Waals surface area contributed by atoms with Crippen LogP contribution >= 0.6 is 0 Å². The highest BCUT2D eigenvalue weighted by Crippen LogP contribution is 2.66. The van der Waals surface area contributed by atoms with E-state index in [1.807, 2.05) is 53.4 Å². The van der Waals surface area contributed by atoms with Crippen LogP contribution in [-0.2, 0) is 35.9 Å². The van der Waals surface area contributed by atoms with Gasteiger partial charge in [-0.2, -0.15) is 0 Å². The van der Waals surface area contributed by atoms with Gasteiger partial charge in [0.05, 0.1) is 47.9 Å². The summed E-state index contributed by atoms with van der Waals surface area (Å²) in [5, 5.41) is 38.0. The van der Waals surface area contributed by atoms with Gasteiger partial charge < -0.3 is 40.8 Å². The van der Waals surface area contributed by atoms with Crippen molar-refractivity contribution in [1.82, 2.24) is 15.5 Å². The van der Waals surface area contributed by atoms with Crippen LogP contribution in [0.4, 0.5) is 21.0 Å². The number of cyclic esters (lactones) is 1. The molecule has 7 unspecified atom stereocenters.